The monoisotopic (exact) mass is 512 g/mol. The number of anilines is 1. The molecule has 0 bridgehead atoms. The number of likely N-dealkylation sites (N-methyl/N-ethyl adjacent to an activating group) is 1. The van der Waals surface area contributed by atoms with E-state index in [2.05, 4.69) is 29.0 Å². The van der Waals surface area contributed by atoms with E-state index in [9.17, 15) is 13.2 Å². The van der Waals surface area contributed by atoms with Gasteiger partial charge < -0.3 is 19.4 Å². The summed E-state index contributed by atoms with van der Waals surface area (Å²) in [7, 11) is 0.408. The second-order valence-electron chi connectivity index (χ2n) is 10.0. The lowest BCUT2D eigenvalue weighted by Gasteiger charge is -2.38. The van der Waals surface area contributed by atoms with Crippen molar-refractivity contribution in [2.45, 2.75) is 37.1 Å². The SMILES string of the molecule is COc1ccc(N2CCN(C)CC2)c2c1CCN(C(=O)Cc1ccc(S(=O)(=O)N3CCCC3)cc1)C2. The molecule has 2 fully saturated rings. The largest absolute Gasteiger partial charge is 0.496 e. The molecule has 194 valence electrons. The van der Waals surface area contributed by atoms with Gasteiger partial charge in [0.1, 0.15) is 5.75 Å². The summed E-state index contributed by atoms with van der Waals surface area (Å²) in [6.45, 7) is 6.36. The highest BCUT2D eigenvalue weighted by Crippen LogP contribution is 2.36. The Hall–Kier alpha value is -2.62. The number of carbonyl (C=O) groups excluding carboxylic acids is 1. The van der Waals surface area contributed by atoms with Gasteiger partial charge in [-0.25, -0.2) is 8.42 Å². The van der Waals surface area contributed by atoms with Crippen molar-refractivity contribution in [2.75, 3.05) is 64.9 Å². The van der Waals surface area contributed by atoms with Gasteiger partial charge in [-0.15, -0.1) is 0 Å². The lowest BCUT2D eigenvalue weighted by atomic mass is 9.95. The van der Waals surface area contributed by atoms with Crippen LogP contribution in [0, 0.1) is 0 Å². The van der Waals surface area contributed by atoms with Crippen LogP contribution in [0.2, 0.25) is 0 Å². The number of hydrogen-bond acceptors (Lipinski definition) is 6. The molecule has 9 heteroatoms. The standard InChI is InChI=1S/C27H36N4O4S/c1-28-15-17-29(18-16-28)25-9-10-26(35-2)23-11-14-30(20-24(23)25)27(32)19-21-5-7-22(8-6-21)36(33,34)31-12-3-4-13-31/h5-10H,3-4,11-20H2,1-2H3. The van der Waals surface area contributed by atoms with Gasteiger partial charge in [0.25, 0.3) is 0 Å². The highest BCUT2D eigenvalue weighted by atomic mass is 32.2. The van der Waals surface area contributed by atoms with Crippen molar-refractivity contribution in [3.05, 3.63) is 53.1 Å². The molecule has 2 saturated heterocycles. The average Bonchev–Trinajstić information content (AvgIpc) is 3.45. The van der Waals surface area contributed by atoms with Gasteiger partial charge in [0.2, 0.25) is 15.9 Å². The second kappa shape index (κ2) is 10.4. The summed E-state index contributed by atoms with van der Waals surface area (Å²) in [6.07, 6.45) is 2.84. The Morgan fingerprint density at radius 1 is 0.889 bits per heavy atom. The number of benzene rings is 2. The van der Waals surface area contributed by atoms with E-state index >= 15 is 0 Å². The summed E-state index contributed by atoms with van der Waals surface area (Å²) in [5.74, 6) is 0.952. The molecule has 0 aliphatic carbocycles. The van der Waals surface area contributed by atoms with Crippen molar-refractivity contribution in [1.29, 1.82) is 0 Å². The third-order valence-electron chi connectivity index (χ3n) is 7.74. The number of piperazine rings is 1. The zero-order valence-corrected chi connectivity index (χ0v) is 22.1. The van der Waals surface area contributed by atoms with Crippen molar-refractivity contribution < 1.29 is 17.9 Å². The van der Waals surface area contributed by atoms with E-state index in [1.807, 2.05) is 4.90 Å². The fourth-order valence-corrected chi connectivity index (χ4v) is 7.03. The fraction of sp³-hybridized carbons (Fsp3) is 0.519. The van der Waals surface area contributed by atoms with Gasteiger partial charge in [0.15, 0.2) is 0 Å². The van der Waals surface area contributed by atoms with Gasteiger partial charge in [-0.3, -0.25) is 4.79 Å². The van der Waals surface area contributed by atoms with Crippen LogP contribution >= 0.6 is 0 Å². The van der Waals surface area contributed by atoms with Crippen LogP contribution in [-0.2, 0) is 34.2 Å². The van der Waals surface area contributed by atoms with E-state index < -0.39 is 10.0 Å². The third kappa shape index (κ3) is 4.96. The third-order valence-corrected chi connectivity index (χ3v) is 9.66. The molecule has 0 saturated carbocycles. The normalized spacial score (nSPS) is 19.4. The van der Waals surface area contributed by atoms with Crippen LogP contribution in [0.3, 0.4) is 0 Å². The van der Waals surface area contributed by atoms with Crippen LogP contribution in [0.4, 0.5) is 5.69 Å². The molecular weight excluding hydrogens is 476 g/mol. The molecule has 0 atom stereocenters. The molecule has 3 aliphatic heterocycles. The molecule has 0 unspecified atom stereocenters. The maximum atomic E-state index is 13.3. The molecular formula is C27H36N4O4S. The minimum Gasteiger partial charge on any atom is -0.496 e. The minimum absolute atomic E-state index is 0.0583. The Labute approximate surface area is 214 Å². The Balaban J connectivity index is 1.30. The second-order valence-corrected chi connectivity index (χ2v) is 12.0. The van der Waals surface area contributed by atoms with Crippen molar-refractivity contribution in [2.24, 2.45) is 0 Å². The van der Waals surface area contributed by atoms with Crippen LogP contribution in [0.5, 0.6) is 5.75 Å². The van der Waals surface area contributed by atoms with Crippen LogP contribution in [0.1, 0.15) is 29.5 Å². The first-order chi connectivity index (χ1) is 17.4. The number of amides is 1. The summed E-state index contributed by atoms with van der Waals surface area (Å²) in [5.41, 5.74) is 4.42. The molecule has 36 heavy (non-hydrogen) atoms. The van der Waals surface area contributed by atoms with Gasteiger partial charge in [0.05, 0.1) is 18.4 Å². The van der Waals surface area contributed by atoms with Crippen molar-refractivity contribution in [1.82, 2.24) is 14.1 Å². The van der Waals surface area contributed by atoms with Crippen LogP contribution in [0.15, 0.2) is 41.3 Å². The van der Waals surface area contributed by atoms with E-state index in [0.717, 1.165) is 56.8 Å². The number of ether oxygens (including phenoxy) is 1. The van der Waals surface area contributed by atoms with Gasteiger partial charge in [-0.2, -0.15) is 4.31 Å². The number of methoxy groups -OCH3 is 1. The zero-order valence-electron chi connectivity index (χ0n) is 21.3. The number of rotatable bonds is 6. The first-order valence-corrected chi connectivity index (χ1v) is 14.3. The predicted molar refractivity (Wildman–Crippen MR) is 140 cm³/mol. The van der Waals surface area contributed by atoms with Gasteiger partial charge in [-0.1, -0.05) is 12.1 Å². The van der Waals surface area contributed by atoms with E-state index in [1.165, 1.54) is 16.8 Å². The van der Waals surface area contributed by atoms with Crippen molar-refractivity contribution in [3.8, 4) is 5.75 Å². The Kier molecular flexibility index (Phi) is 7.23. The summed E-state index contributed by atoms with van der Waals surface area (Å²) < 4.78 is 32.8. The van der Waals surface area contributed by atoms with Crippen molar-refractivity contribution in [3.63, 3.8) is 0 Å². The van der Waals surface area contributed by atoms with E-state index in [0.29, 0.717) is 31.1 Å². The molecule has 3 aliphatic rings. The lowest BCUT2D eigenvalue weighted by Crippen LogP contribution is -2.45. The predicted octanol–water partition coefficient (Wildman–Crippen LogP) is 2.36. The summed E-state index contributed by atoms with van der Waals surface area (Å²) in [5, 5.41) is 0. The lowest BCUT2D eigenvalue weighted by molar-refractivity contribution is -0.131. The molecule has 0 N–H and O–H groups in total. The zero-order chi connectivity index (χ0) is 25.3. The van der Waals surface area contributed by atoms with Crippen molar-refractivity contribution >= 4 is 21.6 Å². The highest BCUT2D eigenvalue weighted by molar-refractivity contribution is 7.89. The maximum Gasteiger partial charge on any atom is 0.243 e. The average molecular weight is 513 g/mol. The van der Waals surface area contributed by atoms with Crippen LogP contribution in [0.25, 0.3) is 0 Å². The molecule has 2 aromatic carbocycles. The first kappa shape index (κ1) is 25.0. The molecule has 5 rings (SSSR count). The number of carbonyl (C=O) groups is 1. The van der Waals surface area contributed by atoms with Gasteiger partial charge >= 0.3 is 0 Å². The van der Waals surface area contributed by atoms with Gasteiger partial charge in [0, 0.05) is 69.2 Å². The summed E-state index contributed by atoms with van der Waals surface area (Å²) >= 11 is 0. The number of sulfonamides is 1. The number of nitrogens with zero attached hydrogens (tertiary/aromatic N) is 4. The fourth-order valence-electron chi connectivity index (χ4n) is 5.52. The maximum absolute atomic E-state index is 13.3. The quantitative estimate of drug-likeness (QED) is 0.592. The van der Waals surface area contributed by atoms with E-state index in [-0.39, 0.29) is 12.3 Å². The molecule has 3 heterocycles. The summed E-state index contributed by atoms with van der Waals surface area (Å²) in [6, 6.07) is 11.0. The summed E-state index contributed by atoms with van der Waals surface area (Å²) in [4.78, 5) is 20.3. The molecule has 2 aromatic rings. The molecule has 0 radical (unpaired) electrons. The molecule has 8 nitrogen and oxygen atoms in total. The Morgan fingerprint density at radius 2 is 1.58 bits per heavy atom. The minimum atomic E-state index is -3.45. The topological polar surface area (TPSA) is 73.4 Å². The van der Waals surface area contributed by atoms with E-state index in [4.69, 9.17) is 4.74 Å². The smallest absolute Gasteiger partial charge is 0.243 e. The number of fused-ring (bicyclic) bond motifs is 1. The van der Waals surface area contributed by atoms with Crippen LogP contribution in [-0.4, -0.2) is 88.4 Å². The molecule has 0 spiro atoms. The Morgan fingerprint density at radius 3 is 2.25 bits per heavy atom. The highest BCUT2D eigenvalue weighted by Gasteiger charge is 2.29. The molecule has 0 aromatic heterocycles. The first-order valence-electron chi connectivity index (χ1n) is 12.9. The van der Waals surface area contributed by atoms with E-state index in [1.54, 1.807) is 35.7 Å². The van der Waals surface area contributed by atoms with Gasteiger partial charge in [-0.05, 0) is 56.1 Å². The number of hydrogen-bond donors (Lipinski definition) is 0. The molecule has 1 amide bonds. The van der Waals surface area contributed by atoms with Crippen LogP contribution < -0.4 is 9.64 Å². The Bertz CT molecular complexity index is 1200.